The number of piperidine rings is 1. The number of aromatic nitrogens is 2. The lowest BCUT2D eigenvalue weighted by Crippen LogP contribution is -2.27. The molecule has 24 heavy (non-hydrogen) atoms. The summed E-state index contributed by atoms with van der Waals surface area (Å²) in [5.74, 6) is 0.596. The van der Waals surface area contributed by atoms with Gasteiger partial charge in [-0.2, -0.15) is 5.10 Å². The molecule has 0 amide bonds. The Hall–Kier alpha value is -1.88. The summed E-state index contributed by atoms with van der Waals surface area (Å²) in [5, 5.41) is 8.17. The van der Waals surface area contributed by atoms with E-state index >= 15 is 0 Å². The third-order valence-corrected chi connectivity index (χ3v) is 4.60. The van der Waals surface area contributed by atoms with E-state index in [0.29, 0.717) is 24.7 Å². The molecule has 0 bridgehead atoms. The Bertz CT molecular complexity index is 677. The van der Waals surface area contributed by atoms with Crippen molar-refractivity contribution in [3.05, 3.63) is 47.0 Å². The summed E-state index contributed by atoms with van der Waals surface area (Å²) in [6, 6.07) is 7.30. The van der Waals surface area contributed by atoms with Crippen molar-refractivity contribution in [1.29, 1.82) is 0 Å². The zero-order valence-corrected chi connectivity index (χ0v) is 14.5. The third-order valence-electron chi connectivity index (χ3n) is 4.60. The standard InChI is InChI=1S/C19H26FN3O/c1-3-23-18(15-7-9-21-10-8-15)13-16(22-23)11-14-5-6-17(20)19(12-14)24-4-2/h5-6,12-13,15,21H,3-4,7-11H2,1-2H3. The maximum absolute atomic E-state index is 13.7. The Morgan fingerprint density at radius 2 is 2.04 bits per heavy atom. The summed E-state index contributed by atoms with van der Waals surface area (Å²) in [7, 11) is 0. The van der Waals surface area contributed by atoms with E-state index in [1.807, 2.05) is 13.0 Å². The third kappa shape index (κ3) is 3.78. The lowest BCUT2D eigenvalue weighted by molar-refractivity contribution is 0.321. The first-order valence-electron chi connectivity index (χ1n) is 8.89. The average Bonchev–Trinajstić information content (AvgIpc) is 3.02. The van der Waals surface area contributed by atoms with Gasteiger partial charge in [0.25, 0.3) is 0 Å². The number of halogens is 1. The van der Waals surface area contributed by atoms with Crippen molar-refractivity contribution >= 4 is 0 Å². The molecule has 0 aliphatic carbocycles. The van der Waals surface area contributed by atoms with Crippen LogP contribution < -0.4 is 10.1 Å². The molecule has 1 aromatic carbocycles. The molecular formula is C19H26FN3O. The zero-order valence-electron chi connectivity index (χ0n) is 14.5. The van der Waals surface area contributed by atoms with Crippen LogP contribution in [0.15, 0.2) is 24.3 Å². The SMILES string of the molecule is CCOc1cc(Cc2cc(C3CCNCC3)n(CC)n2)ccc1F. The molecule has 1 saturated heterocycles. The van der Waals surface area contributed by atoms with E-state index < -0.39 is 0 Å². The Morgan fingerprint density at radius 3 is 2.75 bits per heavy atom. The highest BCUT2D eigenvalue weighted by Crippen LogP contribution is 2.27. The Morgan fingerprint density at radius 1 is 1.25 bits per heavy atom. The number of benzene rings is 1. The molecule has 1 aliphatic heterocycles. The quantitative estimate of drug-likeness (QED) is 0.880. The summed E-state index contributed by atoms with van der Waals surface area (Å²) in [5.41, 5.74) is 3.40. The molecule has 1 aromatic heterocycles. The van der Waals surface area contributed by atoms with Crippen molar-refractivity contribution < 1.29 is 9.13 Å². The van der Waals surface area contributed by atoms with Crippen LogP contribution in [-0.2, 0) is 13.0 Å². The van der Waals surface area contributed by atoms with Crippen molar-refractivity contribution in [2.75, 3.05) is 19.7 Å². The molecule has 130 valence electrons. The van der Waals surface area contributed by atoms with Crippen LogP contribution in [0.4, 0.5) is 4.39 Å². The maximum Gasteiger partial charge on any atom is 0.165 e. The minimum atomic E-state index is -0.310. The number of ether oxygens (including phenoxy) is 1. The van der Waals surface area contributed by atoms with Crippen molar-refractivity contribution in [2.24, 2.45) is 0 Å². The zero-order chi connectivity index (χ0) is 16.9. The molecule has 0 unspecified atom stereocenters. The van der Waals surface area contributed by atoms with E-state index in [9.17, 15) is 4.39 Å². The number of nitrogens with zero attached hydrogens (tertiary/aromatic N) is 2. The first-order chi connectivity index (χ1) is 11.7. The monoisotopic (exact) mass is 331 g/mol. The van der Waals surface area contributed by atoms with E-state index in [1.54, 1.807) is 6.07 Å². The largest absolute Gasteiger partial charge is 0.491 e. The number of nitrogens with one attached hydrogen (secondary N) is 1. The van der Waals surface area contributed by atoms with Gasteiger partial charge in [0.05, 0.1) is 12.3 Å². The van der Waals surface area contributed by atoms with Gasteiger partial charge in [0.15, 0.2) is 11.6 Å². The fraction of sp³-hybridized carbons (Fsp3) is 0.526. The second-order valence-electron chi connectivity index (χ2n) is 6.28. The highest BCUT2D eigenvalue weighted by molar-refractivity contribution is 5.33. The van der Waals surface area contributed by atoms with Crippen LogP contribution in [0.2, 0.25) is 0 Å². The van der Waals surface area contributed by atoms with Crippen LogP contribution >= 0.6 is 0 Å². The average molecular weight is 331 g/mol. The van der Waals surface area contributed by atoms with Crippen LogP contribution in [0.25, 0.3) is 0 Å². The first kappa shape index (κ1) is 17.0. The molecule has 0 radical (unpaired) electrons. The summed E-state index contributed by atoms with van der Waals surface area (Å²) in [4.78, 5) is 0. The minimum absolute atomic E-state index is 0.310. The molecule has 2 aromatic rings. The van der Waals surface area contributed by atoms with Crippen molar-refractivity contribution in [1.82, 2.24) is 15.1 Å². The highest BCUT2D eigenvalue weighted by Gasteiger charge is 2.20. The van der Waals surface area contributed by atoms with Crippen molar-refractivity contribution in [3.63, 3.8) is 0 Å². The Kier molecular flexibility index (Phi) is 5.51. The Balaban J connectivity index is 1.80. The van der Waals surface area contributed by atoms with Crippen LogP contribution in [0.3, 0.4) is 0 Å². The van der Waals surface area contributed by atoms with E-state index in [0.717, 1.165) is 43.7 Å². The maximum atomic E-state index is 13.7. The second-order valence-corrected chi connectivity index (χ2v) is 6.28. The molecule has 2 heterocycles. The van der Waals surface area contributed by atoms with Gasteiger partial charge in [-0.05, 0) is 63.5 Å². The fourth-order valence-electron chi connectivity index (χ4n) is 3.41. The molecule has 0 saturated carbocycles. The van der Waals surface area contributed by atoms with Crippen molar-refractivity contribution in [3.8, 4) is 5.75 Å². The van der Waals surface area contributed by atoms with E-state index in [2.05, 4.69) is 23.0 Å². The number of hydrogen-bond acceptors (Lipinski definition) is 3. The van der Waals surface area contributed by atoms with E-state index in [-0.39, 0.29) is 5.82 Å². The minimum Gasteiger partial charge on any atom is -0.491 e. The van der Waals surface area contributed by atoms with Gasteiger partial charge in [-0.1, -0.05) is 6.07 Å². The number of hydrogen-bond donors (Lipinski definition) is 1. The number of rotatable bonds is 6. The Labute approximate surface area is 143 Å². The summed E-state index contributed by atoms with van der Waals surface area (Å²) in [6.07, 6.45) is 3.03. The fourth-order valence-corrected chi connectivity index (χ4v) is 3.41. The summed E-state index contributed by atoms with van der Waals surface area (Å²) >= 11 is 0. The topological polar surface area (TPSA) is 39.1 Å². The van der Waals surface area contributed by atoms with Gasteiger partial charge in [0.2, 0.25) is 0 Å². The van der Waals surface area contributed by atoms with Gasteiger partial charge in [-0.3, -0.25) is 4.68 Å². The predicted octanol–water partition coefficient (Wildman–Crippen LogP) is 3.50. The molecule has 0 spiro atoms. The van der Waals surface area contributed by atoms with Gasteiger partial charge < -0.3 is 10.1 Å². The molecule has 1 N–H and O–H groups in total. The van der Waals surface area contributed by atoms with Gasteiger partial charge in [0.1, 0.15) is 0 Å². The van der Waals surface area contributed by atoms with Crippen LogP contribution in [0, 0.1) is 5.82 Å². The number of aryl methyl sites for hydroxylation is 1. The van der Waals surface area contributed by atoms with Gasteiger partial charge in [0, 0.05) is 24.6 Å². The van der Waals surface area contributed by atoms with Crippen LogP contribution in [0.5, 0.6) is 5.75 Å². The van der Waals surface area contributed by atoms with Gasteiger partial charge in [-0.15, -0.1) is 0 Å². The van der Waals surface area contributed by atoms with Crippen LogP contribution in [-0.4, -0.2) is 29.5 Å². The van der Waals surface area contributed by atoms with E-state index in [1.165, 1.54) is 11.8 Å². The van der Waals surface area contributed by atoms with E-state index in [4.69, 9.17) is 9.84 Å². The molecule has 1 aliphatic rings. The molecule has 4 nitrogen and oxygen atoms in total. The van der Waals surface area contributed by atoms with Crippen molar-refractivity contribution in [2.45, 2.75) is 45.6 Å². The smallest absolute Gasteiger partial charge is 0.165 e. The second kappa shape index (κ2) is 7.79. The summed E-state index contributed by atoms with van der Waals surface area (Å²) < 4.78 is 21.2. The molecule has 3 rings (SSSR count). The molecular weight excluding hydrogens is 305 g/mol. The normalized spacial score (nSPS) is 15.6. The lowest BCUT2D eigenvalue weighted by Gasteiger charge is -2.23. The highest BCUT2D eigenvalue weighted by atomic mass is 19.1. The molecule has 5 heteroatoms. The predicted molar refractivity (Wildman–Crippen MR) is 93.1 cm³/mol. The van der Waals surface area contributed by atoms with Gasteiger partial charge in [-0.25, -0.2) is 4.39 Å². The van der Waals surface area contributed by atoms with Crippen LogP contribution in [0.1, 0.15) is 49.6 Å². The first-order valence-corrected chi connectivity index (χ1v) is 8.89. The molecule has 0 atom stereocenters. The summed E-state index contributed by atoms with van der Waals surface area (Å²) in [6.45, 7) is 7.49. The lowest BCUT2D eigenvalue weighted by atomic mass is 9.94. The van der Waals surface area contributed by atoms with Gasteiger partial charge >= 0.3 is 0 Å². The molecule has 1 fully saturated rings.